The summed E-state index contributed by atoms with van der Waals surface area (Å²) in [7, 11) is 0. The molecule has 20 heavy (non-hydrogen) atoms. The number of benzene rings is 2. The minimum atomic E-state index is 1.00. The van der Waals surface area contributed by atoms with E-state index < -0.39 is 0 Å². The predicted octanol–water partition coefficient (Wildman–Crippen LogP) is 5.47. The van der Waals surface area contributed by atoms with Crippen LogP contribution in [0.25, 0.3) is 26.9 Å². The molecule has 0 spiro atoms. The van der Waals surface area contributed by atoms with Crippen LogP contribution in [0.1, 0.15) is 11.1 Å². The van der Waals surface area contributed by atoms with E-state index in [-0.39, 0.29) is 0 Å². The Hall–Kier alpha value is -1.58. The number of thiazole rings is 1. The van der Waals surface area contributed by atoms with Gasteiger partial charge in [-0.15, -0.1) is 11.3 Å². The second-order valence-electron chi connectivity index (χ2n) is 4.54. The minimum Gasteiger partial charge on any atom is -0.236 e. The maximum Gasteiger partial charge on any atom is 0.124 e. The van der Waals surface area contributed by atoms with Gasteiger partial charge < -0.3 is 0 Å². The number of para-hydroxylation sites is 1. The summed E-state index contributed by atoms with van der Waals surface area (Å²) in [5, 5.41) is 1.09. The van der Waals surface area contributed by atoms with E-state index in [9.17, 15) is 0 Å². The van der Waals surface area contributed by atoms with Crippen LogP contribution in [-0.2, 0) is 5.75 Å². The lowest BCUT2D eigenvalue weighted by atomic mass is 10.1. The molecule has 3 aromatic rings. The van der Waals surface area contributed by atoms with E-state index in [0.717, 1.165) is 16.3 Å². The third-order valence-electron chi connectivity index (χ3n) is 3.20. The molecule has 0 unspecified atom stereocenters. The molecule has 0 saturated heterocycles. The van der Waals surface area contributed by atoms with Crippen molar-refractivity contribution < 1.29 is 0 Å². The van der Waals surface area contributed by atoms with Crippen LogP contribution in [0.5, 0.6) is 0 Å². The first-order chi connectivity index (χ1) is 9.81. The average molecular weight is 297 g/mol. The van der Waals surface area contributed by atoms with Gasteiger partial charge in [-0.3, -0.25) is 0 Å². The second kappa shape index (κ2) is 5.81. The zero-order valence-electron chi connectivity index (χ0n) is 11.3. The first kappa shape index (κ1) is 13.4. The van der Waals surface area contributed by atoms with Crippen LogP contribution in [0, 0.1) is 0 Å². The normalized spacial score (nSPS) is 10.8. The Kier molecular flexibility index (Phi) is 3.90. The molecule has 0 bridgehead atoms. The third kappa shape index (κ3) is 2.51. The number of thioether (sulfide) groups is 1. The largest absolute Gasteiger partial charge is 0.236 e. The fourth-order valence-corrected chi connectivity index (χ4v) is 3.74. The molecule has 0 radical (unpaired) electrons. The molecule has 0 aliphatic rings. The van der Waals surface area contributed by atoms with Crippen LogP contribution in [0.4, 0.5) is 0 Å². The minimum absolute atomic E-state index is 1.00. The molecule has 3 heteroatoms. The van der Waals surface area contributed by atoms with Gasteiger partial charge in [-0.25, -0.2) is 4.98 Å². The highest BCUT2D eigenvalue weighted by molar-refractivity contribution is 7.97. The van der Waals surface area contributed by atoms with E-state index in [1.807, 2.05) is 23.9 Å². The number of rotatable bonds is 4. The van der Waals surface area contributed by atoms with Crippen molar-refractivity contribution in [1.29, 1.82) is 0 Å². The molecule has 3 rings (SSSR count). The van der Waals surface area contributed by atoms with Crippen LogP contribution < -0.4 is 0 Å². The molecule has 0 N–H and O–H groups in total. The number of nitrogens with zero attached hydrogens (tertiary/aromatic N) is 1. The highest BCUT2D eigenvalue weighted by Gasteiger charge is 2.08. The smallest absolute Gasteiger partial charge is 0.124 e. The Morgan fingerprint density at radius 2 is 2.10 bits per heavy atom. The number of aromatic nitrogens is 1. The predicted molar refractivity (Wildman–Crippen MR) is 92.4 cm³/mol. The maximum absolute atomic E-state index is 4.73. The van der Waals surface area contributed by atoms with Crippen LogP contribution in [-0.4, -0.2) is 11.2 Å². The van der Waals surface area contributed by atoms with E-state index in [2.05, 4.69) is 49.2 Å². The zero-order valence-corrected chi connectivity index (χ0v) is 12.9. The van der Waals surface area contributed by atoms with E-state index in [4.69, 9.17) is 4.98 Å². The lowest BCUT2D eigenvalue weighted by Crippen LogP contribution is -1.87. The molecular formula is C17H15NS2. The van der Waals surface area contributed by atoms with Crippen molar-refractivity contribution >= 4 is 39.4 Å². The molecule has 1 aromatic heterocycles. The summed E-state index contributed by atoms with van der Waals surface area (Å²) in [6.07, 6.45) is 4.05. The first-order valence-electron chi connectivity index (χ1n) is 6.42. The number of hydrogen-bond acceptors (Lipinski definition) is 3. The molecule has 2 aromatic carbocycles. The molecule has 0 amide bonds. The fraction of sp³-hybridized carbons (Fsp3) is 0.118. The van der Waals surface area contributed by atoms with Crippen molar-refractivity contribution in [3.05, 3.63) is 60.2 Å². The molecule has 100 valence electrons. The van der Waals surface area contributed by atoms with Crippen molar-refractivity contribution in [2.75, 3.05) is 6.26 Å². The summed E-state index contributed by atoms with van der Waals surface area (Å²) >= 11 is 3.58. The maximum atomic E-state index is 4.73. The van der Waals surface area contributed by atoms with Gasteiger partial charge in [0.1, 0.15) is 5.01 Å². The van der Waals surface area contributed by atoms with E-state index in [1.54, 1.807) is 11.3 Å². The van der Waals surface area contributed by atoms with Gasteiger partial charge in [0.25, 0.3) is 0 Å². The van der Waals surface area contributed by atoms with Gasteiger partial charge in [0.05, 0.1) is 10.2 Å². The van der Waals surface area contributed by atoms with Crippen molar-refractivity contribution in [2.24, 2.45) is 0 Å². The van der Waals surface area contributed by atoms with Gasteiger partial charge in [-0.2, -0.15) is 11.8 Å². The lowest BCUT2D eigenvalue weighted by Gasteiger charge is -2.06. The fourth-order valence-electron chi connectivity index (χ4n) is 2.21. The first-order valence-corrected chi connectivity index (χ1v) is 8.63. The van der Waals surface area contributed by atoms with Crippen LogP contribution >= 0.6 is 23.1 Å². The van der Waals surface area contributed by atoms with Gasteiger partial charge in [0.2, 0.25) is 0 Å². The third-order valence-corrected chi connectivity index (χ3v) is 4.89. The average Bonchev–Trinajstić information content (AvgIpc) is 2.91. The number of hydrogen-bond donors (Lipinski definition) is 0. The SMILES string of the molecule is C=Cc1ccc(-c2nc3ccccc3s2)cc1CSC. The Bertz CT molecular complexity index is 726. The molecule has 0 atom stereocenters. The standard InChI is InChI=1S/C17H15NS2/c1-3-12-8-9-13(10-14(12)11-19-2)17-18-15-6-4-5-7-16(15)20-17/h3-10H,1,11H2,2H3. The molecule has 0 aliphatic heterocycles. The molecule has 1 heterocycles. The Morgan fingerprint density at radius 3 is 2.85 bits per heavy atom. The molecule has 0 aliphatic carbocycles. The lowest BCUT2D eigenvalue weighted by molar-refractivity contribution is 1.38. The van der Waals surface area contributed by atoms with Crippen LogP contribution in [0.15, 0.2) is 49.0 Å². The van der Waals surface area contributed by atoms with E-state index in [1.165, 1.54) is 21.4 Å². The van der Waals surface area contributed by atoms with Crippen LogP contribution in [0.2, 0.25) is 0 Å². The Morgan fingerprint density at radius 1 is 1.25 bits per heavy atom. The highest BCUT2D eigenvalue weighted by atomic mass is 32.2. The van der Waals surface area contributed by atoms with Gasteiger partial charge in [0, 0.05) is 11.3 Å². The molecule has 0 fully saturated rings. The summed E-state index contributed by atoms with van der Waals surface area (Å²) in [5.41, 5.74) is 4.81. The van der Waals surface area contributed by atoms with Gasteiger partial charge in [-0.05, 0) is 35.6 Å². The quantitative estimate of drug-likeness (QED) is 0.633. The van der Waals surface area contributed by atoms with Crippen molar-refractivity contribution in [3.8, 4) is 10.6 Å². The Balaban J connectivity index is 2.09. The number of fused-ring (bicyclic) bond motifs is 1. The van der Waals surface area contributed by atoms with Gasteiger partial charge >= 0.3 is 0 Å². The summed E-state index contributed by atoms with van der Waals surface area (Å²) in [4.78, 5) is 4.73. The Labute approximate surface area is 127 Å². The van der Waals surface area contributed by atoms with Crippen molar-refractivity contribution in [3.63, 3.8) is 0 Å². The highest BCUT2D eigenvalue weighted by Crippen LogP contribution is 2.31. The molecule has 0 saturated carbocycles. The second-order valence-corrected chi connectivity index (χ2v) is 6.43. The summed E-state index contributed by atoms with van der Waals surface area (Å²) in [6, 6.07) is 14.8. The summed E-state index contributed by atoms with van der Waals surface area (Å²) in [5.74, 6) is 1.00. The molecular weight excluding hydrogens is 282 g/mol. The zero-order chi connectivity index (χ0) is 13.9. The van der Waals surface area contributed by atoms with E-state index in [0.29, 0.717) is 0 Å². The topological polar surface area (TPSA) is 12.9 Å². The molecule has 1 nitrogen and oxygen atoms in total. The van der Waals surface area contributed by atoms with Crippen LogP contribution in [0.3, 0.4) is 0 Å². The summed E-state index contributed by atoms with van der Waals surface area (Å²) in [6.45, 7) is 3.89. The summed E-state index contributed by atoms with van der Waals surface area (Å²) < 4.78 is 1.24. The van der Waals surface area contributed by atoms with E-state index >= 15 is 0 Å². The van der Waals surface area contributed by atoms with Crippen molar-refractivity contribution in [2.45, 2.75) is 5.75 Å². The van der Waals surface area contributed by atoms with Gasteiger partial charge in [-0.1, -0.05) is 36.9 Å². The van der Waals surface area contributed by atoms with Gasteiger partial charge in [0.15, 0.2) is 0 Å². The monoisotopic (exact) mass is 297 g/mol. The van der Waals surface area contributed by atoms with Crippen molar-refractivity contribution in [1.82, 2.24) is 4.98 Å².